The van der Waals surface area contributed by atoms with Gasteiger partial charge in [-0.25, -0.2) is 0 Å². The molecular weight excluding hydrogens is 280 g/mol. The predicted molar refractivity (Wildman–Crippen MR) is 90.4 cm³/mol. The number of carbonyl (C=O) groups excluding carboxylic acids is 1. The average Bonchev–Trinajstić information content (AvgIpc) is 2.86. The number of likely N-dealkylation sites (tertiary alicyclic amines) is 1. The molecule has 1 saturated heterocycles. The molecule has 4 heteroatoms. The van der Waals surface area contributed by atoms with Crippen molar-refractivity contribution in [3.63, 3.8) is 0 Å². The second kappa shape index (κ2) is 7.85. The van der Waals surface area contributed by atoms with Gasteiger partial charge < -0.3 is 10.6 Å². The van der Waals surface area contributed by atoms with Gasteiger partial charge in [0.05, 0.1) is 6.04 Å². The lowest BCUT2D eigenvalue weighted by Gasteiger charge is -2.27. The SMILES string of the molecule is CSCC[C@H](N)C(=O)N1CC[C@H](Cc2ccccc2)[C@H]1C. The molecule has 3 nitrogen and oxygen atoms in total. The van der Waals surface area contributed by atoms with Crippen LogP contribution in [-0.2, 0) is 11.2 Å². The maximum atomic E-state index is 12.5. The van der Waals surface area contributed by atoms with Crippen LogP contribution < -0.4 is 5.73 Å². The number of rotatable bonds is 6. The Morgan fingerprint density at radius 1 is 1.43 bits per heavy atom. The van der Waals surface area contributed by atoms with E-state index in [4.69, 9.17) is 5.73 Å². The summed E-state index contributed by atoms with van der Waals surface area (Å²) in [5.41, 5.74) is 7.40. The molecule has 1 fully saturated rings. The number of carbonyl (C=O) groups is 1. The van der Waals surface area contributed by atoms with Gasteiger partial charge in [0.1, 0.15) is 0 Å². The van der Waals surface area contributed by atoms with E-state index in [9.17, 15) is 4.79 Å². The fourth-order valence-corrected chi connectivity index (χ4v) is 3.58. The fraction of sp³-hybridized carbons (Fsp3) is 0.588. The summed E-state index contributed by atoms with van der Waals surface area (Å²) >= 11 is 1.74. The molecule has 1 aromatic rings. The Bertz CT molecular complexity index is 451. The lowest BCUT2D eigenvalue weighted by atomic mass is 9.93. The summed E-state index contributed by atoms with van der Waals surface area (Å²) in [5, 5.41) is 0. The molecule has 0 aliphatic carbocycles. The number of thioether (sulfide) groups is 1. The predicted octanol–water partition coefficient (Wildman–Crippen LogP) is 2.55. The minimum absolute atomic E-state index is 0.132. The lowest BCUT2D eigenvalue weighted by Crippen LogP contribution is -2.46. The largest absolute Gasteiger partial charge is 0.338 e. The molecule has 2 N–H and O–H groups in total. The minimum Gasteiger partial charge on any atom is -0.338 e. The van der Waals surface area contributed by atoms with E-state index < -0.39 is 0 Å². The molecular formula is C17H26N2OS. The maximum absolute atomic E-state index is 12.5. The highest BCUT2D eigenvalue weighted by atomic mass is 32.2. The Kier molecular flexibility index (Phi) is 6.12. The van der Waals surface area contributed by atoms with Crippen LogP contribution in [0.2, 0.25) is 0 Å². The zero-order chi connectivity index (χ0) is 15.2. The number of benzene rings is 1. The van der Waals surface area contributed by atoms with Gasteiger partial charge in [0.25, 0.3) is 0 Å². The van der Waals surface area contributed by atoms with Crippen LogP contribution in [0.3, 0.4) is 0 Å². The third kappa shape index (κ3) is 4.24. The summed E-state index contributed by atoms with van der Waals surface area (Å²) in [4.78, 5) is 14.4. The number of amides is 1. The van der Waals surface area contributed by atoms with E-state index in [0.29, 0.717) is 5.92 Å². The van der Waals surface area contributed by atoms with Gasteiger partial charge in [-0.3, -0.25) is 4.79 Å². The molecule has 0 bridgehead atoms. The van der Waals surface area contributed by atoms with Crippen LogP contribution in [0.4, 0.5) is 0 Å². The lowest BCUT2D eigenvalue weighted by molar-refractivity contribution is -0.133. The van der Waals surface area contributed by atoms with E-state index in [1.54, 1.807) is 11.8 Å². The Balaban J connectivity index is 1.91. The number of nitrogens with two attached hydrogens (primary N) is 1. The van der Waals surface area contributed by atoms with Crippen molar-refractivity contribution in [3.05, 3.63) is 35.9 Å². The van der Waals surface area contributed by atoms with Crippen LogP contribution in [0, 0.1) is 5.92 Å². The summed E-state index contributed by atoms with van der Waals surface area (Å²) in [6.45, 7) is 3.02. The van der Waals surface area contributed by atoms with Crippen LogP contribution in [0.25, 0.3) is 0 Å². The number of hydrogen-bond acceptors (Lipinski definition) is 3. The van der Waals surface area contributed by atoms with Gasteiger partial charge in [0.2, 0.25) is 5.91 Å². The minimum atomic E-state index is -0.338. The van der Waals surface area contributed by atoms with Crippen LogP contribution in [0.5, 0.6) is 0 Å². The Labute approximate surface area is 132 Å². The normalized spacial score (nSPS) is 23.3. The molecule has 1 heterocycles. The summed E-state index contributed by atoms with van der Waals surface area (Å²) in [7, 11) is 0. The number of nitrogens with zero attached hydrogens (tertiary/aromatic N) is 1. The summed E-state index contributed by atoms with van der Waals surface area (Å²) in [6, 6.07) is 10.5. The number of hydrogen-bond donors (Lipinski definition) is 1. The van der Waals surface area contributed by atoms with Gasteiger partial charge in [-0.2, -0.15) is 11.8 Å². The first-order chi connectivity index (χ1) is 10.1. The zero-order valence-electron chi connectivity index (χ0n) is 13.0. The monoisotopic (exact) mass is 306 g/mol. The standard InChI is InChI=1S/C17H26N2OS/c1-13-15(12-14-6-4-3-5-7-14)8-10-19(13)17(20)16(18)9-11-21-2/h3-7,13,15-16H,8-12,18H2,1-2H3/t13-,15-,16+/m1/s1. The molecule has 21 heavy (non-hydrogen) atoms. The molecule has 1 aliphatic rings. The van der Waals surface area contributed by atoms with Gasteiger partial charge in [-0.1, -0.05) is 30.3 Å². The van der Waals surface area contributed by atoms with Gasteiger partial charge in [0, 0.05) is 12.6 Å². The summed E-state index contributed by atoms with van der Waals surface area (Å²) in [6.07, 6.45) is 4.95. The highest BCUT2D eigenvalue weighted by Gasteiger charge is 2.35. The maximum Gasteiger partial charge on any atom is 0.239 e. The van der Waals surface area contributed by atoms with Crippen molar-refractivity contribution < 1.29 is 4.79 Å². The van der Waals surface area contributed by atoms with Crippen molar-refractivity contribution in [3.8, 4) is 0 Å². The Morgan fingerprint density at radius 3 is 2.81 bits per heavy atom. The summed E-state index contributed by atoms with van der Waals surface area (Å²) in [5.74, 6) is 1.62. The van der Waals surface area contributed by atoms with E-state index >= 15 is 0 Å². The molecule has 1 amide bonds. The van der Waals surface area contributed by atoms with Gasteiger partial charge in [-0.05, 0) is 49.7 Å². The van der Waals surface area contributed by atoms with Crippen molar-refractivity contribution in [2.24, 2.45) is 11.7 Å². The fourth-order valence-electron chi connectivity index (χ4n) is 3.09. The molecule has 0 aromatic heterocycles. The zero-order valence-corrected chi connectivity index (χ0v) is 13.8. The molecule has 0 radical (unpaired) electrons. The first-order valence-corrected chi connectivity index (χ1v) is 9.11. The van der Waals surface area contributed by atoms with Crippen molar-refractivity contribution >= 4 is 17.7 Å². The Hall–Kier alpha value is -1.00. The van der Waals surface area contributed by atoms with Crippen molar-refractivity contribution in [1.82, 2.24) is 4.90 Å². The average molecular weight is 306 g/mol. The molecule has 0 spiro atoms. The molecule has 2 rings (SSSR count). The topological polar surface area (TPSA) is 46.3 Å². The van der Waals surface area contributed by atoms with E-state index in [1.165, 1.54) is 5.56 Å². The smallest absolute Gasteiger partial charge is 0.239 e. The van der Waals surface area contributed by atoms with E-state index in [1.807, 2.05) is 17.2 Å². The second-order valence-electron chi connectivity index (χ2n) is 5.90. The first kappa shape index (κ1) is 16.4. The first-order valence-electron chi connectivity index (χ1n) is 7.72. The van der Waals surface area contributed by atoms with E-state index in [-0.39, 0.29) is 18.0 Å². The van der Waals surface area contributed by atoms with Gasteiger partial charge >= 0.3 is 0 Å². The molecule has 0 unspecified atom stereocenters. The van der Waals surface area contributed by atoms with Crippen LogP contribution in [0.1, 0.15) is 25.3 Å². The Morgan fingerprint density at radius 2 is 2.14 bits per heavy atom. The van der Waals surface area contributed by atoms with Gasteiger partial charge in [0.15, 0.2) is 0 Å². The quantitative estimate of drug-likeness (QED) is 0.878. The third-order valence-corrected chi connectivity index (χ3v) is 5.13. The highest BCUT2D eigenvalue weighted by Crippen LogP contribution is 2.28. The van der Waals surface area contributed by atoms with E-state index in [0.717, 1.165) is 31.6 Å². The molecule has 3 atom stereocenters. The van der Waals surface area contributed by atoms with Crippen molar-refractivity contribution in [2.45, 2.75) is 38.3 Å². The molecule has 0 saturated carbocycles. The molecule has 1 aliphatic heterocycles. The van der Waals surface area contributed by atoms with Crippen LogP contribution >= 0.6 is 11.8 Å². The van der Waals surface area contributed by atoms with E-state index in [2.05, 4.69) is 31.2 Å². The second-order valence-corrected chi connectivity index (χ2v) is 6.88. The van der Waals surface area contributed by atoms with Gasteiger partial charge in [-0.15, -0.1) is 0 Å². The van der Waals surface area contributed by atoms with Crippen LogP contribution in [0.15, 0.2) is 30.3 Å². The van der Waals surface area contributed by atoms with Crippen LogP contribution in [-0.4, -0.2) is 41.4 Å². The third-order valence-electron chi connectivity index (χ3n) is 4.49. The molecule has 1 aromatic carbocycles. The molecule has 116 valence electrons. The highest BCUT2D eigenvalue weighted by molar-refractivity contribution is 7.98. The summed E-state index contributed by atoms with van der Waals surface area (Å²) < 4.78 is 0. The van der Waals surface area contributed by atoms with Crippen molar-refractivity contribution in [2.75, 3.05) is 18.6 Å². The van der Waals surface area contributed by atoms with Crippen molar-refractivity contribution in [1.29, 1.82) is 0 Å².